The predicted molar refractivity (Wildman–Crippen MR) is 151 cm³/mol. The standard InChI is InChI=1S/C32H32N2O3/c1-33(2)27-13-9-25(10-14-27)31(35)21-23-5-17-29(18-6-23)37-30-19-7-24(8-20-30)22-32(36)26-11-15-28(16-12-26)34(3)4/h5-20H,21-22H2,1-4H3. The van der Waals surface area contributed by atoms with E-state index in [1.54, 1.807) is 0 Å². The minimum absolute atomic E-state index is 0.0813. The zero-order valence-electron chi connectivity index (χ0n) is 21.8. The number of carbonyl (C=O) groups is 2. The van der Waals surface area contributed by atoms with Gasteiger partial charge in [0.1, 0.15) is 11.5 Å². The predicted octanol–water partition coefficient (Wildman–Crippen LogP) is 6.46. The molecule has 188 valence electrons. The van der Waals surface area contributed by atoms with Gasteiger partial charge in [0.05, 0.1) is 0 Å². The van der Waals surface area contributed by atoms with Crippen molar-refractivity contribution >= 4 is 22.9 Å². The van der Waals surface area contributed by atoms with Gasteiger partial charge in [0.25, 0.3) is 0 Å². The van der Waals surface area contributed by atoms with Crippen LogP contribution in [0.25, 0.3) is 0 Å². The van der Waals surface area contributed by atoms with Crippen LogP contribution in [0.5, 0.6) is 11.5 Å². The van der Waals surface area contributed by atoms with E-state index < -0.39 is 0 Å². The molecular formula is C32H32N2O3. The fourth-order valence-corrected chi connectivity index (χ4v) is 3.95. The Bertz CT molecular complexity index is 1230. The lowest BCUT2D eigenvalue weighted by atomic mass is 10.0. The molecule has 5 heteroatoms. The van der Waals surface area contributed by atoms with Gasteiger partial charge >= 0.3 is 0 Å². The number of ketones is 2. The Morgan fingerprint density at radius 3 is 1.14 bits per heavy atom. The smallest absolute Gasteiger partial charge is 0.167 e. The Labute approximate surface area is 218 Å². The van der Waals surface area contributed by atoms with Gasteiger partial charge in [-0.15, -0.1) is 0 Å². The van der Waals surface area contributed by atoms with Gasteiger partial charge in [-0.05, 0) is 83.9 Å². The van der Waals surface area contributed by atoms with Crippen LogP contribution in [0, 0.1) is 0 Å². The summed E-state index contributed by atoms with van der Waals surface area (Å²) in [7, 11) is 7.90. The van der Waals surface area contributed by atoms with Gasteiger partial charge in [0, 0.05) is 63.5 Å². The normalized spacial score (nSPS) is 10.6. The SMILES string of the molecule is CN(C)c1ccc(C(=O)Cc2ccc(Oc3ccc(CC(=O)c4ccc(N(C)C)cc4)cc3)cc2)cc1. The molecule has 0 atom stereocenters. The van der Waals surface area contributed by atoms with E-state index in [0.29, 0.717) is 35.5 Å². The first-order chi connectivity index (χ1) is 17.8. The maximum atomic E-state index is 12.6. The van der Waals surface area contributed by atoms with Gasteiger partial charge in [-0.1, -0.05) is 24.3 Å². The molecule has 37 heavy (non-hydrogen) atoms. The van der Waals surface area contributed by atoms with Gasteiger partial charge in [-0.3, -0.25) is 9.59 Å². The van der Waals surface area contributed by atoms with Crippen molar-refractivity contribution in [3.63, 3.8) is 0 Å². The molecule has 0 aliphatic carbocycles. The third-order valence-electron chi connectivity index (χ3n) is 6.22. The summed E-state index contributed by atoms with van der Waals surface area (Å²) >= 11 is 0. The highest BCUT2D eigenvalue weighted by molar-refractivity contribution is 5.98. The number of carbonyl (C=O) groups excluding carboxylic acids is 2. The van der Waals surface area contributed by atoms with E-state index in [1.807, 2.05) is 135 Å². The summed E-state index contributed by atoms with van der Waals surface area (Å²) in [6, 6.07) is 30.4. The van der Waals surface area contributed by atoms with Crippen LogP contribution in [0.1, 0.15) is 31.8 Å². The largest absolute Gasteiger partial charge is 0.457 e. The molecule has 0 N–H and O–H groups in total. The van der Waals surface area contributed by atoms with Crippen LogP contribution in [-0.4, -0.2) is 39.8 Å². The van der Waals surface area contributed by atoms with E-state index in [4.69, 9.17) is 4.74 Å². The lowest BCUT2D eigenvalue weighted by Gasteiger charge is -2.12. The zero-order chi connectivity index (χ0) is 26.4. The Balaban J connectivity index is 1.31. The number of ether oxygens (including phenoxy) is 1. The van der Waals surface area contributed by atoms with Gasteiger partial charge in [0.15, 0.2) is 11.6 Å². The molecule has 0 saturated heterocycles. The highest BCUT2D eigenvalue weighted by Crippen LogP contribution is 2.23. The third-order valence-corrected chi connectivity index (χ3v) is 6.22. The van der Waals surface area contributed by atoms with Crippen LogP contribution in [-0.2, 0) is 12.8 Å². The number of anilines is 2. The first-order valence-corrected chi connectivity index (χ1v) is 12.3. The number of hydrogen-bond acceptors (Lipinski definition) is 5. The van der Waals surface area contributed by atoms with E-state index >= 15 is 0 Å². The van der Waals surface area contributed by atoms with Crippen LogP contribution in [0.15, 0.2) is 97.1 Å². The van der Waals surface area contributed by atoms with Gasteiger partial charge in [-0.25, -0.2) is 0 Å². The topological polar surface area (TPSA) is 49.9 Å². The minimum atomic E-state index is 0.0813. The Morgan fingerprint density at radius 1 is 0.514 bits per heavy atom. The molecule has 0 bridgehead atoms. The Kier molecular flexibility index (Phi) is 8.04. The fourth-order valence-electron chi connectivity index (χ4n) is 3.95. The summed E-state index contributed by atoms with van der Waals surface area (Å²) in [4.78, 5) is 29.3. The average Bonchev–Trinajstić information content (AvgIpc) is 2.91. The molecule has 0 aromatic heterocycles. The van der Waals surface area contributed by atoms with Gasteiger partial charge in [0.2, 0.25) is 0 Å². The van der Waals surface area contributed by atoms with Gasteiger partial charge in [-0.2, -0.15) is 0 Å². The number of rotatable bonds is 10. The molecule has 0 heterocycles. The second kappa shape index (κ2) is 11.6. The van der Waals surface area contributed by atoms with Crippen molar-refractivity contribution in [2.24, 2.45) is 0 Å². The van der Waals surface area contributed by atoms with Crippen molar-refractivity contribution in [2.45, 2.75) is 12.8 Å². The lowest BCUT2D eigenvalue weighted by Crippen LogP contribution is -2.09. The second-order valence-corrected chi connectivity index (χ2v) is 9.47. The molecule has 4 rings (SSSR count). The highest BCUT2D eigenvalue weighted by Gasteiger charge is 2.10. The Morgan fingerprint density at radius 2 is 0.838 bits per heavy atom. The number of benzene rings is 4. The van der Waals surface area contributed by atoms with E-state index in [2.05, 4.69) is 0 Å². The third kappa shape index (κ3) is 6.85. The summed E-state index contributed by atoms with van der Waals surface area (Å²) < 4.78 is 5.96. The molecule has 4 aromatic carbocycles. The first kappa shape index (κ1) is 25.7. The molecule has 0 radical (unpaired) electrons. The number of hydrogen-bond donors (Lipinski definition) is 0. The molecular weight excluding hydrogens is 460 g/mol. The lowest BCUT2D eigenvalue weighted by molar-refractivity contribution is 0.0985. The molecule has 4 aromatic rings. The molecule has 5 nitrogen and oxygen atoms in total. The van der Waals surface area contributed by atoms with E-state index in [9.17, 15) is 9.59 Å². The van der Waals surface area contributed by atoms with E-state index in [-0.39, 0.29) is 11.6 Å². The van der Waals surface area contributed by atoms with Crippen molar-refractivity contribution in [1.29, 1.82) is 0 Å². The zero-order valence-corrected chi connectivity index (χ0v) is 21.8. The van der Waals surface area contributed by atoms with Crippen molar-refractivity contribution in [3.8, 4) is 11.5 Å². The molecule has 0 fully saturated rings. The van der Waals surface area contributed by atoms with E-state index in [0.717, 1.165) is 22.5 Å². The number of nitrogens with zero attached hydrogens (tertiary/aromatic N) is 2. The van der Waals surface area contributed by atoms with Crippen LogP contribution < -0.4 is 14.5 Å². The maximum Gasteiger partial charge on any atom is 0.167 e. The quantitative estimate of drug-likeness (QED) is 0.238. The minimum Gasteiger partial charge on any atom is -0.457 e. The maximum absolute atomic E-state index is 12.6. The monoisotopic (exact) mass is 492 g/mol. The summed E-state index contributed by atoms with van der Waals surface area (Å²) in [6.07, 6.45) is 0.671. The second-order valence-electron chi connectivity index (χ2n) is 9.47. The highest BCUT2D eigenvalue weighted by atomic mass is 16.5. The molecule has 0 spiro atoms. The van der Waals surface area contributed by atoms with Crippen molar-refractivity contribution in [3.05, 3.63) is 119 Å². The van der Waals surface area contributed by atoms with Crippen molar-refractivity contribution in [2.75, 3.05) is 38.0 Å². The summed E-state index contributed by atoms with van der Waals surface area (Å²) in [6.45, 7) is 0. The molecule has 0 saturated carbocycles. The molecule has 0 aliphatic heterocycles. The first-order valence-electron chi connectivity index (χ1n) is 12.3. The Hall–Kier alpha value is -4.38. The van der Waals surface area contributed by atoms with Crippen LogP contribution in [0.2, 0.25) is 0 Å². The van der Waals surface area contributed by atoms with Crippen molar-refractivity contribution in [1.82, 2.24) is 0 Å². The summed E-state index contributed by atoms with van der Waals surface area (Å²) in [5.74, 6) is 1.54. The molecule has 0 aliphatic rings. The van der Waals surface area contributed by atoms with E-state index in [1.165, 1.54) is 0 Å². The summed E-state index contributed by atoms with van der Waals surface area (Å²) in [5, 5.41) is 0. The van der Waals surface area contributed by atoms with Crippen molar-refractivity contribution < 1.29 is 14.3 Å². The number of Topliss-reactive ketones (excluding diaryl/α,β-unsaturated/α-hetero) is 2. The van der Waals surface area contributed by atoms with Crippen LogP contribution in [0.4, 0.5) is 11.4 Å². The average molecular weight is 493 g/mol. The summed E-state index contributed by atoms with van der Waals surface area (Å²) in [5.41, 5.74) is 5.40. The molecule has 0 unspecified atom stereocenters. The molecule has 0 amide bonds. The van der Waals surface area contributed by atoms with Crippen LogP contribution >= 0.6 is 0 Å². The fraction of sp³-hybridized carbons (Fsp3) is 0.188. The van der Waals surface area contributed by atoms with Gasteiger partial charge < -0.3 is 14.5 Å². The van der Waals surface area contributed by atoms with Crippen LogP contribution in [0.3, 0.4) is 0 Å².